The minimum absolute atomic E-state index is 0. The zero-order chi connectivity index (χ0) is 19.1. The Morgan fingerprint density at radius 2 is 1.89 bits per heavy atom. The molecular formula is C17H18ClF3IN3O2. The van der Waals surface area contributed by atoms with Crippen LogP contribution in [0.15, 0.2) is 41.4 Å². The van der Waals surface area contributed by atoms with Crippen LogP contribution in [0.3, 0.4) is 0 Å². The molecular weight excluding hydrogens is 498 g/mol. The van der Waals surface area contributed by atoms with E-state index in [4.69, 9.17) is 11.6 Å². The Labute approximate surface area is 176 Å². The molecule has 5 nitrogen and oxygen atoms in total. The Morgan fingerprint density at radius 1 is 1.19 bits per heavy atom. The van der Waals surface area contributed by atoms with E-state index in [1.54, 1.807) is 6.07 Å². The third-order valence-electron chi connectivity index (χ3n) is 3.38. The number of aromatic hydroxyl groups is 1. The smallest absolute Gasteiger partial charge is 0.387 e. The molecule has 3 N–H and O–H groups in total. The van der Waals surface area contributed by atoms with Crippen LogP contribution in [0, 0.1) is 5.82 Å². The van der Waals surface area contributed by atoms with Gasteiger partial charge in [-0.1, -0.05) is 17.7 Å². The number of phenols is 1. The molecule has 148 valence electrons. The van der Waals surface area contributed by atoms with E-state index < -0.39 is 18.2 Å². The number of guanidine groups is 1. The molecule has 0 aromatic heterocycles. The molecule has 0 fully saturated rings. The number of nitrogens with one attached hydrogen (secondary N) is 2. The van der Waals surface area contributed by atoms with Crippen LogP contribution in [0.4, 0.5) is 13.2 Å². The number of hydrogen-bond acceptors (Lipinski definition) is 3. The first-order chi connectivity index (χ1) is 12.4. The second kappa shape index (κ2) is 11.1. The van der Waals surface area contributed by atoms with Crippen molar-refractivity contribution in [2.45, 2.75) is 19.7 Å². The Morgan fingerprint density at radius 3 is 2.52 bits per heavy atom. The van der Waals surface area contributed by atoms with Gasteiger partial charge in [0, 0.05) is 30.7 Å². The van der Waals surface area contributed by atoms with E-state index in [1.807, 2.05) is 0 Å². The van der Waals surface area contributed by atoms with E-state index in [0.29, 0.717) is 22.1 Å². The molecule has 0 amide bonds. The third-order valence-corrected chi connectivity index (χ3v) is 3.62. The van der Waals surface area contributed by atoms with Crippen molar-refractivity contribution in [1.82, 2.24) is 10.6 Å². The number of nitrogens with zero attached hydrogens (tertiary/aromatic N) is 1. The lowest BCUT2D eigenvalue weighted by atomic mass is 10.2. The minimum atomic E-state index is -2.95. The maximum Gasteiger partial charge on any atom is 0.387 e. The van der Waals surface area contributed by atoms with Gasteiger partial charge in [0.15, 0.2) is 17.5 Å². The number of benzene rings is 2. The first-order valence-electron chi connectivity index (χ1n) is 7.54. The first kappa shape index (κ1) is 23.2. The second-order valence-electron chi connectivity index (χ2n) is 5.20. The zero-order valence-electron chi connectivity index (χ0n) is 14.2. The van der Waals surface area contributed by atoms with Crippen LogP contribution in [0.1, 0.15) is 11.1 Å². The van der Waals surface area contributed by atoms with Crippen molar-refractivity contribution in [3.05, 3.63) is 58.4 Å². The van der Waals surface area contributed by atoms with Crippen LogP contribution in [0.25, 0.3) is 0 Å². The molecule has 27 heavy (non-hydrogen) atoms. The molecule has 2 aromatic rings. The molecule has 0 atom stereocenters. The minimum Gasteiger partial charge on any atom is -0.505 e. The Balaban J connectivity index is 0.00000364. The quantitative estimate of drug-likeness (QED) is 0.305. The number of hydrogen-bond donors (Lipinski definition) is 3. The topological polar surface area (TPSA) is 65.9 Å². The average Bonchev–Trinajstić information content (AvgIpc) is 2.59. The van der Waals surface area contributed by atoms with E-state index in [0.717, 1.165) is 0 Å². The maximum atomic E-state index is 13.3. The molecule has 0 heterocycles. The SMILES string of the molecule is CN=C(NCc1ccc(O)c(F)c1)NCc1cc(Cl)ccc1OC(F)F.I. The van der Waals surface area contributed by atoms with Crippen LogP contribution in [-0.2, 0) is 13.1 Å². The number of alkyl halides is 2. The molecule has 0 saturated heterocycles. The summed E-state index contributed by atoms with van der Waals surface area (Å²) >= 11 is 5.90. The zero-order valence-corrected chi connectivity index (χ0v) is 17.3. The van der Waals surface area contributed by atoms with E-state index in [2.05, 4.69) is 20.4 Å². The third kappa shape index (κ3) is 7.33. The van der Waals surface area contributed by atoms with Crippen molar-refractivity contribution in [2.75, 3.05) is 7.05 Å². The molecule has 0 saturated carbocycles. The van der Waals surface area contributed by atoms with E-state index >= 15 is 0 Å². The van der Waals surface area contributed by atoms with Crippen LogP contribution in [0.2, 0.25) is 5.02 Å². The average molecular weight is 516 g/mol. The highest BCUT2D eigenvalue weighted by Crippen LogP contribution is 2.24. The lowest BCUT2D eigenvalue weighted by Gasteiger charge is -2.15. The summed E-state index contributed by atoms with van der Waals surface area (Å²) in [7, 11) is 1.53. The number of aliphatic imine (C=N–C) groups is 1. The Kier molecular flexibility index (Phi) is 9.50. The van der Waals surface area contributed by atoms with Gasteiger partial charge in [0.1, 0.15) is 5.75 Å². The normalized spacial score (nSPS) is 11.1. The maximum absolute atomic E-state index is 13.3. The summed E-state index contributed by atoms with van der Waals surface area (Å²) in [6.45, 7) is -2.57. The van der Waals surface area contributed by atoms with Crippen molar-refractivity contribution in [1.29, 1.82) is 0 Å². The first-order valence-corrected chi connectivity index (χ1v) is 7.92. The van der Waals surface area contributed by atoms with Crippen LogP contribution in [0.5, 0.6) is 11.5 Å². The summed E-state index contributed by atoms with van der Waals surface area (Å²) in [5.74, 6) is -0.779. The fourth-order valence-electron chi connectivity index (χ4n) is 2.14. The number of rotatable bonds is 6. The largest absolute Gasteiger partial charge is 0.505 e. The van der Waals surface area contributed by atoms with Gasteiger partial charge in [-0.3, -0.25) is 4.99 Å². The van der Waals surface area contributed by atoms with Crippen molar-refractivity contribution in [3.63, 3.8) is 0 Å². The van der Waals surface area contributed by atoms with Crippen molar-refractivity contribution < 1.29 is 23.0 Å². The van der Waals surface area contributed by atoms with Gasteiger partial charge in [0.25, 0.3) is 0 Å². The monoisotopic (exact) mass is 515 g/mol. The number of ether oxygens (including phenoxy) is 1. The molecule has 0 aliphatic rings. The predicted octanol–water partition coefficient (Wildman–Crippen LogP) is 4.27. The highest BCUT2D eigenvalue weighted by molar-refractivity contribution is 14.0. The van der Waals surface area contributed by atoms with Crippen molar-refractivity contribution >= 4 is 41.5 Å². The summed E-state index contributed by atoms with van der Waals surface area (Å²) < 4.78 is 42.7. The standard InChI is InChI=1S/C17H17ClF3N3O2.HI/c1-22-17(23-8-10-2-4-14(25)13(19)6-10)24-9-11-7-12(18)3-5-15(11)26-16(20)21;/h2-7,16,25H,8-9H2,1H3,(H2,22,23,24);1H. The Bertz CT molecular complexity index is 794. The van der Waals surface area contributed by atoms with E-state index in [9.17, 15) is 18.3 Å². The van der Waals surface area contributed by atoms with Gasteiger partial charge < -0.3 is 20.5 Å². The highest BCUT2D eigenvalue weighted by atomic mass is 127. The van der Waals surface area contributed by atoms with E-state index in [-0.39, 0.29) is 42.8 Å². The molecule has 0 bridgehead atoms. The van der Waals surface area contributed by atoms with Gasteiger partial charge in [-0.25, -0.2) is 4.39 Å². The number of phenolic OH excluding ortho intramolecular Hbond substituents is 1. The molecule has 0 spiro atoms. The molecule has 0 aliphatic carbocycles. The molecule has 2 rings (SSSR count). The van der Waals surface area contributed by atoms with Crippen LogP contribution < -0.4 is 15.4 Å². The van der Waals surface area contributed by atoms with Gasteiger partial charge >= 0.3 is 6.61 Å². The van der Waals surface area contributed by atoms with Gasteiger partial charge in [0.05, 0.1) is 0 Å². The van der Waals surface area contributed by atoms with Gasteiger partial charge in [-0.2, -0.15) is 8.78 Å². The summed E-state index contributed by atoms with van der Waals surface area (Å²) in [4.78, 5) is 4.00. The fourth-order valence-corrected chi connectivity index (χ4v) is 2.34. The fraction of sp³-hybridized carbons (Fsp3) is 0.235. The summed E-state index contributed by atoms with van der Waals surface area (Å²) in [6, 6.07) is 8.33. The lowest BCUT2D eigenvalue weighted by molar-refractivity contribution is -0.0504. The highest BCUT2D eigenvalue weighted by Gasteiger charge is 2.11. The Hall–Kier alpha value is -1.88. The molecule has 0 unspecified atom stereocenters. The summed E-state index contributed by atoms with van der Waals surface area (Å²) in [5, 5.41) is 15.4. The summed E-state index contributed by atoms with van der Waals surface area (Å²) in [6.07, 6.45) is 0. The molecule has 2 aromatic carbocycles. The lowest BCUT2D eigenvalue weighted by Crippen LogP contribution is -2.36. The predicted molar refractivity (Wildman–Crippen MR) is 109 cm³/mol. The number of halogens is 5. The molecule has 0 aliphatic heterocycles. The second-order valence-corrected chi connectivity index (χ2v) is 5.63. The van der Waals surface area contributed by atoms with Gasteiger partial charge in [0.2, 0.25) is 0 Å². The molecule has 0 radical (unpaired) electrons. The van der Waals surface area contributed by atoms with E-state index in [1.165, 1.54) is 37.4 Å². The van der Waals surface area contributed by atoms with Crippen LogP contribution in [-0.4, -0.2) is 24.7 Å². The van der Waals surface area contributed by atoms with Gasteiger partial charge in [-0.05, 0) is 35.9 Å². The van der Waals surface area contributed by atoms with Crippen LogP contribution >= 0.6 is 35.6 Å². The van der Waals surface area contributed by atoms with Crippen molar-refractivity contribution in [2.24, 2.45) is 4.99 Å². The van der Waals surface area contributed by atoms with Crippen molar-refractivity contribution in [3.8, 4) is 11.5 Å². The molecule has 10 heteroatoms. The van der Waals surface area contributed by atoms with Gasteiger partial charge in [-0.15, -0.1) is 24.0 Å². The summed E-state index contributed by atoms with van der Waals surface area (Å²) in [5.41, 5.74) is 1.02.